The van der Waals surface area contributed by atoms with Crippen LogP contribution in [-0.2, 0) is 0 Å². The van der Waals surface area contributed by atoms with Crippen LogP contribution < -0.4 is 0 Å². The third-order valence-electron chi connectivity index (χ3n) is 8.62. The van der Waals surface area contributed by atoms with E-state index in [9.17, 15) is 10.2 Å². The molecule has 0 bridgehead atoms. The minimum atomic E-state index is -0.0664. The quantitative estimate of drug-likeness (QED) is 0.629. The van der Waals surface area contributed by atoms with Gasteiger partial charge in [-0.05, 0) is 97.9 Å². The van der Waals surface area contributed by atoms with Crippen molar-refractivity contribution < 1.29 is 10.2 Å². The number of aliphatic hydroxyl groups excluding tert-OH is 2. The van der Waals surface area contributed by atoms with E-state index in [-0.39, 0.29) is 11.5 Å². The Kier molecular flexibility index (Phi) is 3.42. The van der Waals surface area contributed by atoms with Crippen LogP contribution in [-0.4, -0.2) is 16.3 Å². The van der Waals surface area contributed by atoms with E-state index in [1.807, 2.05) is 0 Å². The highest BCUT2D eigenvalue weighted by atomic mass is 16.3. The van der Waals surface area contributed by atoms with E-state index in [1.165, 1.54) is 50.4 Å². The molecule has 4 aliphatic carbocycles. The van der Waals surface area contributed by atoms with Crippen LogP contribution in [0.15, 0.2) is 11.8 Å². The molecule has 0 amide bonds. The smallest absolute Gasteiger partial charge is 0.0783 e. The molecule has 0 aromatic rings. The van der Waals surface area contributed by atoms with Crippen LogP contribution in [0.3, 0.4) is 0 Å². The molecule has 22 heavy (non-hydrogen) atoms. The average Bonchev–Trinajstić information content (AvgIpc) is 2.81. The van der Waals surface area contributed by atoms with E-state index in [0.29, 0.717) is 5.41 Å². The van der Waals surface area contributed by atoms with Gasteiger partial charge in [-0.3, -0.25) is 0 Å². The van der Waals surface area contributed by atoms with Crippen LogP contribution in [0, 0.1) is 34.5 Å². The van der Waals surface area contributed by atoms with Crippen LogP contribution in [0.1, 0.15) is 71.6 Å². The lowest BCUT2D eigenvalue weighted by atomic mass is 9.45. The van der Waals surface area contributed by atoms with Crippen LogP contribution in [0.25, 0.3) is 0 Å². The Morgan fingerprint density at radius 1 is 0.955 bits per heavy atom. The molecule has 2 nitrogen and oxygen atoms in total. The van der Waals surface area contributed by atoms with Crippen molar-refractivity contribution in [2.45, 2.75) is 77.7 Å². The van der Waals surface area contributed by atoms with Crippen LogP contribution in [0.4, 0.5) is 0 Å². The number of hydrogen-bond acceptors (Lipinski definition) is 2. The van der Waals surface area contributed by atoms with Gasteiger partial charge in [-0.2, -0.15) is 0 Å². The molecule has 1 unspecified atom stereocenters. The van der Waals surface area contributed by atoms with Crippen molar-refractivity contribution in [2.24, 2.45) is 34.5 Å². The largest absolute Gasteiger partial charge is 0.516 e. The van der Waals surface area contributed by atoms with Crippen molar-refractivity contribution in [1.29, 1.82) is 0 Å². The van der Waals surface area contributed by atoms with Crippen LogP contribution in [0.2, 0.25) is 0 Å². The van der Waals surface area contributed by atoms with Crippen molar-refractivity contribution in [3.8, 4) is 0 Å². The van der Waals surface area contributed by atoms with Gasteiger partial charge in [-0.25, -0.2) is 0 Å². The van der Waals surface area contributed by atoms with E-state index >= 15 is 0 Å². The van der Waals surface area contributed by atoms with Gasteiger partial charge < -0.3 is 10.2 Å². The Balaban J connectivity index is 1.65. The summed E-state index contributed by atoms with van der Waals surface area (Å²) in [6, 6.07) is 0. The standard InChI is InChI=1S/C20H32O2/c1-19-10-9-17-15(16(19)7-8-18(19)22)6-5-14-4-3-13(12-21)11-20(14,17)2/h12,14-18,21-22H,3-11H2,1-2H3/b13-12+/t14?,15-,16-,17-,18-,19-,20-/m0/s1. The van der Waals surface area contributed by atoms with Crippen molar-refractivity contribution in [1.82, 2.24) is 0 Å². The molecule has 2 heteroatoms. The zero-order valence-electron chi connectivity index (χ0n) is 14.2. The highest BCUT2D eigenvalue weighted by Gasteiger charge is 2.59. The zero-order chi connectivity index (χ0) is 15.5. The molecule has 0 aromatic heterocycles. The molecular weight excluding hydrogens is 272 g/mol. The Morgan fingerprint density at radius 2 is 1.73 bits per heavy atom. The number of rotatable bonds is 0. The first-order valence-electron chi connectivity index (χ1n) is 9.49. The monoisotopic (exact) mass is 304 g/mol. The Labute approximate surface area is 135 Å². The molecule has 2 N–H and O–H groups in total. The number of allylic oxidation sites excluding steroid dienone is 1. The van der Waals surface area contributed by atoms with Gasteiger partial charge in [0.1, 0.15) is 0 Å². The Bertz CT molecular complexity index is 484. The summed E-state index contributed by atoms with van der Waals surface area (Å²) >= 11 is 0. The summed E-state index contributed by atoms with van der Waals surface area (Å²) in [4.78, 5) is 0. The van der Waals surface area contributed by atoms with Gasteiger partial charge in [0.05, 0.1) is 12.4 Å². The fourth-order valence-corrected chi connectivity index (χ4v) is 7.30. The lowest BCUT2D eigenvalue weighted by molar-refractivity contribution is -0.114. The van der Waals surface area contributed by atoms with E-state index < -0.39 is 0 Å². The number of fused-ring (bicyclic) bond motifs is 5. The second-order valence-electron chi connectivity index (χ2n) is 9.30. The second-order valence-corrected chi connectivity index (χ2v) is 9.30. The highest BCUT2D eigenvalue weighted by molar-refractivity contribution is 5.15. The third-order valence-corrected chi connectivity index (χ3v) is 8.62. The molecule has 4 rings (SSSR count). The maximum atomic E-state index is 10.5. The first-order valence-corrected chi connectivity index (χ1v) is 9.49. The molecule has 0 radical (unpaired) electrons. The number of aliphatic hydroxyl groups is 2. The van der Waals surface area contributed by atoms with Gasteiger partial charge in [0.2, 0.25) is 0 Å². The van der Waals surface area contributed by atoms with Gasteiger partial charge in [0, 0.05) is 0 Å². The summed E-state index contributed by atoms with van der Waals surface area (Å²) in [6.45, 7) is 4.88. The second kappa shape index (κ2) is 5.00. The summed E-state index contributed by atoms with van der Waals surface area (Å²) < 4.78 is 0. The first kappa shape index (κ1) is 15.1. The molecule has 7 atom stereocenters. The first-order chi connectivity index (χ1) is 10.5. The molecule has 4 aliphatic rings. The third kappa shape index (κ3) is 1.89. The predicted molar refractivity (Wildman–Crippen MR) is 88.4 cm³/mol. The predicted octanol–water partition coefficient (Wildman–Crippen LogP) is 4.83. The average molecular weight is 304 g/mol. The molecule has 0 aliphatic heterocycles. The molecule has 4 saturated carbocycles. The van der Waals surface area contributed by atoms with E-state index in [0.717, 1.165) is 42.9 Å². The minimum Gasteiger partial charge on any atom is -0.516 e. The lowest BCUT2D eigenvalue weighted by Crippen LogP contribution is -2.53. The SMILES string of the molecule is C[C@]12CC[C@H]3[C@@H](CCC4CC/C(=C\O)C[C@@]43C)[C@@H]1CC[C@@H]2O. The maximum absolute atomic E-state index is 10.5. The molecule has 124 valence electrons. The summed E-state index contributed by atoms with van der Waals surface area (Å²) in [5, 5.41) is 20.0. The Morgan fingerprint density at radius 3 is 2.50 bits per heavy atom. The van der Waals surface area contributed by atoms with Crippen molar-refractivity contribution in [2.75, 3.05) is 0 Å². The summed E-state index contributed by atoms with van der Waals surface area (Å²) in [7, 11) is 0. The fourth-order valence-electron chi connectivity index (χ4n) is 7.30. The van der Waals surface area contributed by atoms with E-state index in [1.54, 1.807) is 0 Å². The molecule has 4 fully saturated rings. The van der Waals surface area contributed by atoms with Crippen molar-refractivity contribution in [3.05, 3.63) is 11.8 Å². The summed E-state index contributed by atoms with van der Waals surface area (Å²) in [5.74, 6) is 3.22. The molecule has 0 aromatic carbocycles. The molecular formula is C20H32O2. The summed E-state index contributed by atoms with van der Waals surface area (Å²) in [6.07, 6.45) is 12.3. The Hall–Kier alpha value is -0.500. The van der Waals surface area contributed by atoms with Gasteiger partial charge in [0.15, 0.2) is 0 Å². The van der Waals surface area contributed by atoms with Gasteiger partial charge in [-0.1, -0.05) is 13.8 Å². The normalized spacial score (nSPS) is 56.3. The maximum Gasteiger partial charge on any atom is 0.0783 e. The van der Waals surface area contributed by atoms with Gasteiger partial charge >= 0.3 is 0 Å². The van der Waals surface area contributed by atoms with Crippen molar-refractivity contribution >= 4 is 0 Å². The van der Waals surface area contributed by atoms with Crippen molar-refractivity contribution in [3.63, 3.8) is 0 Å². The molecule has 0 saturated heterocycles. The highest BCUT2D eigenvalue weighted by Crippen LogP contribution is 2.66. The van der Waals surface area contributed by atoms with Crippen LogP contribution in [0.5, 0.6) is 0 Å². The number of hydrogen-bond donors (Lipinski definition) is 2. The minimum absolute atomic E-state index is 0.0664. The van der Waals surface area contributed by atoms with E-state index in [2.05, 4.69) is 13.8 Å². The fraction of sp³-hybridized carbons (Fsp3) is 0.900. The summed E-state index contributed by atoms with van der Waals surface area (Å²) in [5.41, 5.74) is 1.86. The molecule has 0 heterocycles. The lowest BCUT2D eigenvalue weighted by Gasteiger charge is -2.60. The van der Waals surface area contributed by atoms with Crippen LogP contribution >= 0.6 is 0 Å². The van der Waals surface area contributed by atoms with Gasteiger partial charge in [-0.15, -0.1) is 0 Å². The van der Waals surface area contributed by atoms with E-state index in [4.69, 9.17) is 0 Å². The zero-order valence-corrected chi connectivity index (χ0v) is 14.2. The topological polar surface area (TPSA) is 40.5 Å². The van der Waals surface area contributed by atoms with Gasteiger partial charge in [0.25, 0.3) is 0 Å². The molecule has 0 spiro atoms.